The summed E-state index contributed by atoms with van der Waals surface area (Å²) in [4.78, 5) is 28.8. The molecule has 0 aliphatic carbocycles. The molecule has 0 bridgehead atoms. The smallest absolute Gasteiger partial charge is 0.254 e. The Morgan fingerprint density at radius 3 is 2.19 bits per heavy atom. The molecule has 144 valence electrons. The molecule has 0 aromatic heterocycles. The molecule has 1 saturated heterocycles. The molecule has 7 nitrogen and oxygen atoms in total. The van der Waals surface area contributed by atoms with Gasteiger partial charge in [0.25, 0.3) is 5.91 Å². The molecule has 0 radical (unpaired) electrons. The molecule has 0 spiro atoms. The van der Waals surface area contributed by atoms with Crippen molar-refractivity contribution in [2.75, 3.05) is 40.9 Å². The van der Waals surface area contributed by atoms with Gasteiger partial charge in [0.1, 0.15) is 11.5 Å². The number of methoxy groups -OCH3 is 2. The molecule has 1 fully saturated rings. The number of benzene rings is 1. The third kappa shape index (κ3) is 4.46. The minimum Gasteiger partial charge on any atom is -0.497 e. The lowest BCUT2D eigenvalue weighted by Gasteiger charge is -2.34. The molecule has 1 aromatic rings. The molecule has 1 atom stereocenters. The largest absolute Gasteiger partial charge is 0.497 e. The first-order chi connectivity index (χ1) is 12.4. The summed E-state index contributed by atoms with van der Waals surface area (Å²) in [6.07, 6.45) is 1.32. The molecule has 1 aliphatic heterocycles. The van der Waals surface area contributed by atoms with Crippen LogP contribution in [-0.2, 0) is 4.79 Å². The van der Waals surface area contributed by atoms with Crippen LogP contribution in [0.15, 0.2) is 18.2 Å². The minimum absolute atomic E-state index is 0.0198. The number of piperidine rings is 1. The van der Waals surface area contributed by atoms with Gasteiger partial charge in [-0.3, -0.25) is 9.59 Å². The third-order valence-corrected chi connectivity index (χ3v) is 5.08. The first kappa shape index (κ1) is 20.0. The molecule has 7 heteroatoms. The number of nitrogens with two attached hydrogens (primary N) is 1. The van der Waals surface area contributed by atoms with E-state index in [0.717, 1.165) is 0 Å². The van der Waals surface area contributed by atoms with Crippen molar-refractivity contribution in [1.82, 2.24) is 9.80 Å². The predicted octanol–water partition coefficient (Wildman–Crippen LogP) is 1.36. The van der Waals surface area contributed by atoms with Crippen LogP contribution in [0.1, 0.15) is 30.1 Å². The maximum absolute atomic E-state index is 12.8. The van der Waals surface area contributed by atoms with Crippen LogP contribution in [0.2, 0.25) is 0 Å². The summed E-state index contributed by atoms with van der Waals surface area (Å²) in [5.74, 6) is 1.14. The molecule has 2 rings (SSSR count). The van der Waals surface area contributed by atoms with Crippen LogP contribution in [0.25, 0.3) is 0 Å². The van der Waals surface area contributed by atoms with E-state index in [4.69, 9.17) is 15.2 Å². The van der Waals surface area contributed by atoms with E-state index in [1.807, 2.05) is 6.92 Å². The number of carbonyl (C=O) groups excluding carboxylic acids is 2. The molecular formula is C19H29N3O4. The van der Waals surface area contributed by atoms with E-state index in [1.165, 1.54) is 0 Å². The van der Waals surface area contributed by atoms with Crippen molar-refractivity contribution in [3.8, 4) is 11.5 Å². The number of likely N-dealkylation sites (N-methyl/N-ethyl adjacent to an activating group) is 1. The van der Waals surface area contributed by atoms with Crippen LogP contribution in [0.3, 0.4) is 0 Å². The van der Waals surface area contributed by atoms with Crippen LogP contribution in [-0.4, -0.2) is 68.6 Å². The highest BCUT2D eigenvalue weighted by atomic mass is 16.5. The van der Waals surface area contributed by atoms with Crippen molar-refractivity contribution in [2.45, 2.75) is 25.8 Å². The molecule has 2 N–H and O–H groups in total. The molecule has 26 heavy (non-hydrogen) atoms. The van der Waals surface area contributed by atoms with Crippen molar-refractivity contribution in [3.63, 3.8) is 0 Å². The number of likely N-dealkylation sites (tertiary alicyclic amines) is 1. The van der Waals surface area contributed by atoms with E-state index >= 15 is 0 Å². The lowest BCUT2D eigenvalue weighted by molar-refractivity contribution is -0.137. The number of rotatable bonds is 6. The second kappa shape index (κ2) is 8.89. The number of ether oxygens (including phenoxy) is 2. The van der Waals surface area contributed by atoms with Gasteiger partial charge in [-0.05, 0) is 31.9 Å². The van der Waals surface area contributed by atoms with Gasteiger partial charge in [-0.2, -0.15) is 0 Å². The molecule has 1 unspecified atom stereocenters. The molecule has 1 aromatic carbocycles. The van der Waals surface area contributed by atoms with Gasteiger partial charge in [0, 0.05) is 50.3 Å². The summed E-state index contributed by atoms with van der Waals surface area (Å²) in [5.41, 5.74) is 6.17. The van der Waals surface area contributed by atoms with Gasteiger partial charge in [-0.25, -0.2) is 0 Å². The summed E-state index contributed by atoms with van der Waals surface area (Å²) in [7, 11) is 4.90. The Morgan fingerprint density at radius 2 is 1.73 bits per heavy atom. The second-order valence-electron chi connectivity index (χ2n) is 6.70. The second-order valence-corrected chi connectivity index (χ2v) is 6.70. The number of hydrogen-bond donors (Lipinski definition) is 1. The van der Waals surface area contributed by atoms with Crippen molar-refractivity contribution in [3.05, 3.63) is 23.8 Å². The number of hydrogen-bond acceptors (Lipinski definition) is 5. The molecular weight excluding hydrogens is 334 g/mol. The lowest BCUT2D eigenvalue weighted by atomic mass is 9.94. The quantitative estimate of drug-likeness (QED) is 0.825. The lowest BCUT2D eigenvalue weighted by Crippen LogP contribution is -2.47. The van der Waals surface area contributed by atoms with E-state index in [2.05, 4.69) is 0 Å². The van der Waals surface area contributed by atoms with E-state index in [-0.39, 0.29) is 23.8 Å². The van der Waals surface area contributed by atoms with Gasteiger partial charge in [-0.1, -0.05) is 0 Å². The van der Waals surface area contributed by atoms with Crippen LogP contribution < -0.4 is 15.2 Å². The monoisotopic (exact) mass is 363 g/mol. The highest BCUT2D eigenvalue weighted by Gasteiger charge is 2.30. The van der Waals surface area contributed by atoms with Gasteiger partial charge in [0.15, 0.2) is 0 Å². The zero-order valence-corrected chi connectivity index (χ0v) is 16.0. The fourth-order valence-electron chi connectivity index (χ4n) is 3.11. The molecule has 2 amide bonds. The first-order valence-corrected chi connectivity index (χ1v) is 8.90. The fraction of sp³-hybridized carbons (Fsp3) is 0.579. The van der Waals surface area contributed by atoms with Gasteiger partial charge in [0.05, 0.1) is 14.2 Å². The van der Waals surface area contributed by atoms with Crippen LogP contribution in [0.5, 0.6) is 11.5 Å². The van der Waals surface area contributed by atoms with Crippen LogP contribution >= 0.6 is 0 Å². The average molecular weight is 363 g/mol. The summed E-state index contributed by atoms with van der Waals surface area (Å²) < 4.78 is 10.5. The Bertz CT molecular complexity index is 619. The number of carbonyl (C=O) groups is 2. The van der Waals surface area contributed by atoms with Gasteiger partial charge >= 0.3 is 0 Å². The van der Waals surface area contributed by atoms with Crippen LogP contribution in [0, 0.1) is 5.92 Å². The Kier molecular flexibility index (Phi) is 6.85. The maximum atomic E-state index is 12.8. The highest BCUT2D eigenvalue weighted by Crippen LogP contribution is 2.26. The summed E-state index contributed by atoms with van der Waals surface area (Å²) in [6.45, 7) is 3.49. The Balaban J connectivity index is 2.01. The zero-order valence-electron chi connectivity index (χ0n) is 16.0. The van der Waals surface area contributed by atoms with Crippen molar-refractivity contribution in [2.24, 2.45) is 11.7 Å². The predicted molar refractivity (Wildman–Crippen MR) is 99.5 cm³/mol. The average Bonchev–Trinajstić information content (AvgIpc) is 2.70. The Hall–Kier alpha value is -2.28. The number of amides is 2. The Labute approximate surface area is 155 Å². The summed E-state index contributed by atoms with van der Waals surface area (Å²) in [6, 6.07) is 5.17. The maximum Gasteiger partial charge on any atom is 0.254 e. The Morgan fingerprint density at radius 1 is 1.19 bits per heavy atom. The van der Waals surface area contributed by atoms with Crippen molar-refractivity contribution >= 4 is 11.8 Å². The van der Waals surface area contributed by atoms with Gasteiger partial charge in [-0.15, -0.1) is 0 Å². The zero-order chi connectivity index (χ0) is 19.3. The SMILES string of the molecule is COc1cc(OC)cc(C(=O)N2CCC(C(=O)N(C)C(C)CN)CC2)c1. The normalized spacial score (nSPS) is 16.1. The van der Waals surface area contributed by atoms with Gasteiger partial charge < -0.3 is 25.0 Å². The summed E-state index contributed by atoms with van der Waals surface area (Å²) >= 11 is 0. The molecule has 1 heterocycles. The fourth-order valence-corrected chi connectivity index (χ4v) is 3.11. The molecule has 0 saturated carbocycles. The minimum atomic E-state index is -0.0724. The molecule has 1 aliphatic rings. The number of nitrogens with zero attached hydrogens (tertiary/aromatic N) is 2. The van der Waals surface area contributed by atoms with E-state index < -0.39 is 0 Å². The van der Waals surface area contributed by atoms with Crippen molar-refractivity contribution < 1.29 is 19.1 Å². The highest BCUT2D eigenvalue weighted by molar-refractivity contribution is 5.95. The first-order valence-electron chi connectivity index (χ1n) is 8.90. The standard InChI is InChI=1S/C19H29N3O4/c1-13(12-20)21(2)18(23)14-5-7-22(8-6-14)19(24)15-9-16(25-3)11-17(10-15)26-4/h9-11,13-14H,5-8,12,20H2,1-4H3. The van der Waals surface area contributed by atoms with E-state index in [1.54, 1.807) is 49.3 Å². The van der Waals surface area contributed by atoms with Crippen LogP contribution in [0.4, 0.5) is 0 Å². The van der Waals surface area contributed by atoms with Gasteiger partial charge in [0.2, 0.25) is 5.91 Å². The summed E-state index contributed by atoms with van der Waals surface area (Å²) in [5, 5.41) is 0. The van der Waals surface area contributed by atoms with E-state index in [0.29, 0.717) is 49.5 Å². The van der Waals surface area contributed by atoms with E-state index in [9.17, 15) is 9.59 Å². The topological polar surface area (TPSA) is 85.1 Å². The van der Waals surface area contributed by atoms with Crippen molar-refractivity contribution in [1.29, 1.82) is 0 Å². The third-order valence-electron chi connectivity index (χ3n) is 5.08.